The van der Waals surface area contributed by atoms with E-state index < -0.39 is 0 Å². The summed E-state index contributed by atoms with van der Waals surface area (Å²) in [4.78, 5) is 2.13. The molecule has 0 spiro atoms. The second-order valence-electron chi connectivity index (χ2n) is 4.65. The molecule has 0 fully saturated rings. The van der Waals surface area contributed by atoms with Gasteiger partial charge in [-0.1, -0.05) is 32.4 Å². The fourth-order valence-electron chi connectivity index (χ4n) is 1.34. The Labute approximate surface area is 90.1 Å². The minimum atomic E-state index is 0.254. The number of anilines is 1. The first-order valence-corrected chi connectivity index (χ1v) is 4.96. The molecule has 0 radical (unpaired) electrons. The molecule has 0 bridgehead atoms. The number of hydrogen-bond acceptors (Lipinski definition) is 3. The second-order valence-corrected chi connectivity index (χ2v) is 5.04. The second kappa shape index (κ2) is 4.13. The third-order valence-electron chi connectivity index (χ3n) is 1.76. The summed E-state index contributed by atoms with van der Waals surface area (Å²) in [6.45, 7) is 7.54. The van der Waals surface area contributed by atoms with E-state index >= 15 is 0 Å². The molecule has 1 rings (SSSR count). The lowest BCUT2D eigenvalue weighted by atomic mass is 9.96. The molecule has 78 valence electrons. The van der Waals surface area contributed by atoms with E-state index in [0.717, 1.165) is 12.2 Å². The average molecular weight is 214 g/mol. The Bertz CT molecular complexity index is 306. The van der Waals surface area contributed by atoms with Crippen LogP contribution in [0.2, 0.25) is 5.15 Å². The number of nitrogens with zero attached hydrogens (tertiary/aromatic N) is 3. The largest absolute Gasteiger partial charge is 0.373 e. The summed E-state index contributed by atoms with van der Waals surface area (Å²) in [7, 11) is 2.03. The molecule has 0 aromatic carbocycles. The predicted octanol–water partition coefficient (Wildman–Crippen LogP) is 2.61. The Kier molecular flexibility index (Phi) is 3.32. The van der Waals surface area contributed by atoms with E-state index in [-0.39, 0.29) is 5.41 Å². The molecule has 0 atom stereocenters. The topological polar surface area (TPSA) is 29.0 Å². The molecule has 0 N–H and O–H groups in total. The molecule has 1 aromatic heterocycles. The van der Waals surface area contributed by atoms with Crippen molar-refractivity contribution < 1.29 is 0 Å². The van der Waals surface area contributed by atoms with Gasteiger partial charge in [-0.25, -0.2) is 0 Å². The molecule has 3 nitrogen and oxygen atoms in total. The van der Waals surface area contributed by atoms with Gasteiger partial charge in [0.15, 0.2) is 5.15 Å². The number of rotatable bonds is 2. The highest BCUT2D eigenvalue weighted by Gasteiger charge is 2.14. The van der Waals surface area contributed by atoms with Gasteiger partial charge in [0.25, 0.3) is 0 Å². The Morgan fingerprint density at radius 3 is 2.57 bits per heavy atom. The average Bonchev–Trinajstić information content (AvgIpc) is 2.01. The van der Waals surface area contributed by atoms with Gasteiger partial charge in [0.2, 0.25) is 0 Å². The van der Waals surface area contributed by atoms with Crippen molar-refractivity contribution in [3.05, 3.63) is 17.4 Å². The molecule has 0 aliphatic rings. The summed E-state index contributed by atoms with van der Waals surface area (Å²) in [5.41, 5.74) is 1.25. The lowest BCUT2D eigenvalue weighted by Gasteiger charge is -2.27. The van der Waals surface area contributed by atoms with Crippen molar-refractivity contribution in [2.75, 3.05) is 18.5 Å². The van der Waals surface area contributed by atoms with Crippen LogP contribution in [-0.4, -0.2) is 23.8 Å². The van der Waals surface area contributed by atoms with Gasteiger partial charge in [-0.15, -0.1) is 5.10 Å². The maximum Gasteiger partial charge on any atom is 0.153 e. The zero-order valence-electron chi connectivity index (χ0n) is 9.08. The molecule has 0 aliphatic carbocycles. The Hall–Kier alpha value is -0.830. The maximum absolute atomic E-state index is 5.76. The molecule has 0 unspecified atom stereocenters. The SMILES string of the molecule is CN(CC(C)(C)C)c1cnnc(Cl)c1. The van der Waals surface area contributed by atoms with Crippen LogP contribution in [0.15, 0.2) is 12.3 Å². The maximum atomic E-state index is 5.76. The van der Waals surface area contributed by atoms with Crippen LogP contribution in [0.5, 0.6) is 0 Å². The molecule has 4 heteroatoms. The van der Waals surface area contributed by atoms with E-state index in [1.165, 1.54) is 0 Å². The van der Waals surface area contributed by atoms with E-state index in [9.17, 15) is 0 Å². The fourth-order valence-corrected chi connectivity index (χ4v) is 1.50. The first-order valence-electron chi connectivity index (χ1n) is 4.58. The zero-order chi connectivity index (χ0) is 10.8. The van der Waals surface area contributed by atoms with Crippen LogP contribution in [-0.2, 0) is 0 Å². The molecule has 1 aromatic rings. The Morgan fingerprint density at radius 1 is 1.43 bits per heavy atom. The van der Waals surface area contributed by atoms with E-state index in [2.05, 4.69) is 35.9 Å². The minimum absolute atomic E-state index is 0.254. The quantitative estimate of drug-likeness (QED) is 0.756. The standard InChI is InChI=1S/C10H16ClN3/c1-10(2,3)7-14(4)8-5-9(11)13-12-6-8/h5-6H,7H2,1-4H3. The summed E-state index contributed by atoms with van der Waals surface area (Å²) < 4.78 is 0. The van der Waals surface area contributed by atoms with Crippen LogP contribution in [0.3, 0.4) is 0 Å². The summed E-state index contributed by atoms with van der Waals surface area (Å²) in [6.07, 6.45) is 1.72. The highest BCUT2D eigenvalue weighted by Crippen LogP contribution is 2.20. The van der Waals surface area contributed by atoms with Crippen molar-refractivity contribution in [1.29, 1.82) is 0 Å². The number of aromatic nitrogens is 2. The van der Waals surface area contributed by atoms with E-state index in [1.807, 2.05) is 13.1 Å². The molecule has 0 amide bonds. The summed E-state index contributed by atoms with van der Waals surface area (Å²) in [5.74, 6) is 0. The monoisotopic (exact) mass is 213 g/mol. The normalized spacial score (nSPS) is 11.5. The molecule has 1 heterocycles. The van der Waals surface area contributed by atoms with Crippen molar-refractivity contribution >= 4 is 17.3 Å². The highest BCUT2D eigenvalue weighted by molar-refractivity contribution is 6.29. The van der Waals surface area contributed by atoms with Crippen molar-refractivity contribution in [2.45, 2.75) is 20.8 Å². The molecule has 0 aliphatic heterocycles. The van der Waals surface area contributed by atoms with E-state index in [0.29, 0.717) is 5.15 Å². The van der Waals surface area contributed by atoms with Gasteiger partial charge in [-0.2, -0.15) is 5.10 Å². The lowest BCUT2D eigenvalue weighted by Crippen LogP contribution is -2.29. The third-order valence-corrected chi connectivity index (χ3v) is 1.95. The summed E-state index contributed by atoms with van der Waals surface area (Å²) >= 11 is 5.76. The van der Waals surface area contributed by atoms with Crippen molar-refractivity contribution in [3.8, 4) is 0 Å². The smallest absolute Gasteiger partial charge is 0.153 e. The molecular formula is C10H16ClN3. The van der Waals surface area contributed by atoms with Crippen molar-refractivity contribution in [2.24, 2.45) is 5.41 Å². The van der Waals surface area contributed by atoms with Gasteiger partial charge in [0.05, 0.1) is 11.9 Å². The Morgan fingerprint density at radius 2 is 2.07 bits per heavy atom. The third kappa shape index (κ3) is 3.50. The fraction of sp³-hybridized carbons (Fsp3) is 0.600. The Balaban J connectivity index is 2.74. The van der Waals surface area contributed by atoms with Crippen LogP contribution >= 0.6 is 11.6 Å². The zero-order valence-corrected chi connectivity index (χ0v) is 9.84. The van der Waals surface area contributed by atoms with E-state index in [1.54, 1.807) is 6.20 Å². The van der Waals surface area contributed by atoms with Crippen LogP contribution in [0.4, 0.5) is 5.69 Å². The van der Waals surface area contributed by atoms with Gasteiger partial charge in [0.1, 0.15) is 0 Å². The molecule has 0 saturated heterocycles. The molecule has 0 saturated carbocycles. The van der Waals surface area contributed by atoms with Gasteiger partial charge < -0.3 is 4.90 Å². The lowest BCUT2D eigenvalue weighted by molar-refractivity contribution is 0.419. The van der Waals surface area contributed by atoms with Crippen LogP contribution in [0.1, 0.15) is 20.8 Å². The first-order chi connectivity index (χ1) is 6.38. The van der Waals surface area contributed by atoms with E-state index in [4.69, 9.17) is 11.6 Å². The minimum Gasteiger partial charge on any atom is -0.373 e. The predicted molar refractivity (Wildman–Crippen MR) is 59.8 cm³/mol. The molecular weight excluding hydrogens is 198 g/mol. The van der Waals surface area contributed by atoms with Crippen molar-refractivity contribution in [3.63, 3.8) is 0 Å². The van der Waals surface area contributed by atoms with Gasteiger partial charge >= 0.3 is 0 Å². The summed E-state index contributed by atoms with van der Waals surface area (Å²) in [5, 5.41) is 7.95. The van der Waals surface area contributed by atoms with Crippen LogP contribution in [0, 0.1) is 5.41 Å². The van der Waals surface area contributed by atoms with Crippen LogP contribution in [0.25, 0.3) is 0 Å². The number of halogens is 1. The van der Waals surface area contributed by atoms with Gasteiger partial charge in [-0.3, -0.25) is 0 Å². The summed E-state index contributed by atoms with van der Waals surface area (Å²) in [6, 6.07) is 1.82. The van der Waals surface area contributed by atoms with Crippen LogP contribution < -0.4 is 4.90 Å². The first kappa shape index (κ1) is 11.2. The number of hydrogen-bond donors (Lipinski definition) is 0. The van der Waals surface area contributed by atoms with Crippen molar-refractivity contribution in [1.82, 2.24) is 10.2 Å². The molecule has 14 heavy (non-hydrogen) atoms. The van der Waals surface area contributed by atoms with Gasteiger partial charge in [-0.05, 0) is 5.41 Å². The highest BCUT2D eigenvalue weighted by atomic mass is 35.5. The van der Waals surface area contributed by atoms with Gasteiger partial charge in [0, 0.05) is 19.7 Å².